The molecule has 0 spiro atoms. The Bertz CT molecular complexity index is 1720. The van der Waals surface area contributed by atoms with Crippen molar-refractivity contribution >= 4 is 52.3 Å². The number of carbonyl (C=O) groups excluding carboxylic acids is 4. The summed E-state index contributed by atoms with van der Waals surface area (Å²) >= 11 is 5.94. The van der Waals surface area contributed by atoms with Gasteiger partial charge in [-0.3, -0.25) is 28.6 Å². The van der Waals surface area contributed by atoms with E-state index in [1.807, 2.05) is 0 Å². The predicted octanol–water partition coefficient (Wildman–Crippen LogP) is 1.42. The van der Waals surface area contributed by atoms with Gasteiger partial charge in [-0.05, 0) is 37.1 Å². The van der Waals surface area contributed by atoms with Crippen LogP contribution in [-0.4, -0.2) is 104 Å². The van der Waals surface area contributed by atoms with Gasteiger partial charge in [0.1, 0.15) is 29.8 Å². The normalized spacial score (nSPS) is 17.5. The van der Waals surface area contributed by atoms with Gasteiger partial charge in [0.15, 0.2) is 11.5 Å². The van der Waals surface area contributed by atoms with Crippen molar-refractivity contribution in [2.24, 2.45) is 0 Å². The highest BCUT2D eigenvalue weighted by Gasteiger charge is 2.41. The number of nitrogens with zero attached hydrogens (tertiary/aromatic N) is 7. The lowest BCUT2D eigenvalue weighted by Crippen LogP contribution is -2.60. The van der Waals surface area contributed by atoms with Gasteiger partial charge in [0, 0.05) is 37.7 Å². The van der Waals surface area contributed by atoms with Crippen LogP contribution in [0.2, 0.25) is 5.02 Å². The Labute approximate surface area is 256 Å². The molecule has 3 fully saturated rings. The van der Waals surface area contributed by atoms with Gasteiger partial charge in [-0.2, -0.15) is 0 Å². The SMILES string of the molecule is CC1(F)CN(C(=O)Cn2c(=O)c(C(=O)NCc3ccc(Cl)cc3)cc3nc(N4CCN(CC(=O)N5CCC5)C4=O)cnc32)C1. The third kappa shape index (κ3) is 5.81. The summed E-state index contributed by atoms with van der Waals surface area (Å²) in [6.07, 6.45) is 2.26. The summed E-state index contributed by atoms with van der Waals surface area (Å²) in [5.41, 5.74) is -1.67. The fourth-order valence-electron chi connectivity index (χ4n) is 5.38. The van der Waals surface area contributed by atoms with E-state index in [-0.39, 0.29) is 61.2 Å². The third-order valence-electron chi connectivity index (χ3n) is 7.98. The number of benzene rings is 1. The molecule has 3 aliphatic rings. The first kappa shape index (κ1) is 29.5. The molecular weight excluding hydrogens is 595 g/mol. The summed E-state index contributed by atoms with van der Waals surface area (Å²) in [7, 11) is 0. The molecule has 2 aromatic heterocycles. The lowest BCUT2D eigenvalue weighted by molar-refractivity contribution is -0.144. The number of anilines is 1. The zero-order chi connectivity index (χ0) is 31.2. The summed E-state index contributed by atoms with van der Waals surface area (Å²) < 4.78 is 15.1. The number of hydrogen-bond donors (Lipinski definition) is 1. The Morgan fingerprint density at radius 2 is 1.70 bits per heavy atom. The average Bonchev–Trinajstić information content (AvgIpc) is 3.30. The van der Waals surface area contributed by atoms with Crippen LogP contribution < -0.4 is 15.8 Å². The van der Waals surface area contributed by atoms with E-state index in [0.29, 0.717) is 24.7 Å². The molecule has 0 saturated carbocycles. The van der Waals surface area contributed by atoms with Crippen LogP contribution in [0.25, 0.3) is 11.2 Å². The van der Waals surface area contributed by atoms with Gasteiger partial charge in [-0.15, -0.1) is 0 Å². The van der Waals surface area contributed by atoms with Gasteiger partial charge in [-0.1, -0.05) is 23.7 Å². The number of urea groups is 1. The summed E-state index contributed by atoms with van der Waals surface area (Å²) in [4.78, 5) is 80.1. The Morgan fingerprint density at radius 3 is 2.36 bits per heavy atom. The molecule has 5 heterocycles. The number of carbonyl (C=O) groups is 4. The molecule has 0 atom stereocenters. The van der Waals surface area contributed by atoms with Crippen LogP contribution >= 0.6 is 11.6 Å². The first-order valence-corrected chi connectivity index (χ1v) is 14.6. The van der Waals surface area contributed by atoms with Crippen molar-refractivity contribution in [3.63, 3.8) is 0 Å². The van der Waals surface area contributed by atoms with Gasteiger partial charge in [0.2, 0.25) is 11.8 Å². The summed E-state index contributed by atoms with van der Waals surface area (Å²) in [6.45, 7) is 2.71. The maximum absolute atomic E-state index is 14.1. The second kappa shape index (κ2) is 11.5. The number of amides is 5. The molecule has 3 aliphatic heterocycles. The second-order valence-corrected chi connectivity index (χ2v) is 11.9. The molecule has 15 heteroatoms. The van der Waals surface area contributed by atoms with Crippen molar-refractivity contribution in [1.82, 2.24) is 34.6 Å². The molecule has 44 heavy (non-hydrogen) atoms. The lowest BCUT2D eigenvalue weighted by Gasteiger charge is -2.42. The molecular formula is C29H30ClFN8O5. The zero-order valence-corrected chi connectivity index (χ0v) is 24.7. The Kier molecular flexibility index (Phi) is 7.70. The molecule has 3 aromatic rings. The minimum Gasteiger partial charge on any atom is -0.348 e. The van der Waals surface area contributed by atoms with Crippen molar-refractivity contribution < 1.29 is 23.6 Å². The van der Waals surface area contributed by atoms with Crippen molar-refractivity contribution in [2.45, 2.75) is 32.1 Å². The molecule has 0 aliphatic carbocycles. The first-order chi connectivity index (χ1) is 21.0. The average molecular weight is 625 g/mol. The number of aromatic nitrogens is 3. The molecule has 0 bridgehead atoms. The van der Waals surface area contributed by atoms with E-state index in [4.69, 9.17) is 11.6 Å². The van der Waals surface area contributed by atoms with Crippen LogP contribution in [0.3, 0.4) is 0 Å². The quantitative estimate of drug-likeness (QED) is 0.400. The Hall–Kier alpha value is -4.59. The van der Waals surface area contributed by atoms with Crippen molar-refractivity contribution in [3.05, 3.63) is 63.0 Å². The molecule has 1 N–H and O–H groups in total. The number of pyridine rings is 1. The van der Waals surface area contributed by atoms with Gasteiger partial charge in [0.05, 0.1) is 19.3 Å². The monoisotopic (exact) mass is 624 g/mol. The van der Waals surface area contributed by atoms with Crippen molar-refractivity contribution in [2.75, 3.05) is 50.7 Å². The fraction of sp³-hybridized carbons (Fsp3) is 0.414. The minimum atomic E-state index is -1.50. The maximum atomic E-state index is 14.1. The predicted molar refractivity (Wildman–Crippen MR) is 158 cm³/mol. The summed E-state index contributed by atoms with van der Waals surface area (Å²) in [5, 5.41) is 3.24. The van der Waals surface area contributed by atoms with Crippen LogP contribution in [0.4, 0.5) is 15.0 Å². The van der Waals surface area contributed by atoms with Gasteiger partial charge in [0.25, 0.3) is 11.5 Å². The number of alkyl halides is 1. The van der Waals surface area contributed by atoms with E-state index in [0.717, 1.165) is 16.6 Å². The van der Waals surface area contributed by atoms with E-state index in [1.54, 1.807) is 29.2 Å². The van der Waals surface area contributed by atoms with Crippen molar-refractivity contribution in [3.8, 4) is 0 Å². The van der Waals surface area contributed by atoms with E-state index >= 15 is 0 Å². The van der Waals surface area contributed by atoms with Crippen LogP contribution in [-0.2, 0) is 22.7 Å². The Balaban J connectivity index is 1.29. The largest absolute Gasteiger partial charge is 0.348 e. The van der Waals surface area contributed by atoms with Crippen LogP contribution in [0.15, 0.2) is 41.3 Å². The molecule has 0 radical (unpaired) electrons. The zero-order valence-electron chi connectivity index (χ0n) is 24.0. The highest BCUT2D eigenvalue weighted by molar-refractivity contribution is 6.30. The molecule has 6 rings (SSSR count). The van der Waals surface area contributed by atoms with Gasteiger partial charge in [-0.25, -0.2) is 19.2 Å². The highest BCUT2D eigenvalue weighted by atomic mass is 35.5. The molecule has 0 unspecified atom stereocenters. The van der Waals surface area contributed by atoms with Gasteiger partial charge >= 0.3 is 6.03 Å². The summed E-state index contributed by atoms with van der Waals surface area (Å²) in [5.74, 6) is -1.16. The number of halogens is 2. The molecule has 5 amide bonds. The lowest BCUT2D eigenvalue weighted by atomic mass is 9.99. The van der Waals surface area contributed by atoms with Crippen LogP contribution in [0.5, 0.6) is 0 Å². The molecule has 3 saturated heterocycles. The van der Waals surface area contributed by atoms with Crippen LogP contribution in [0, 0.1) is 0 Å². The number of hydrogen-bond acceptors (Lipinski definition) is 7. The molecule has 1 aromatic carbocycles. The van der Waals surface area contributed by atoms with E-state index in [1.165, 1.54) is 33.9 Å². The second-order valence-electron chi connectivity index (χ2n) is 11.4. The third-order valence-corrected chi connectivity index (χ3v) is 8.24. The number of fused-ring (bicyclic) bond motifs is 1. The molecule has 230 valence electrons. The topological polar surface area (TPSA) is 141 Å². The Morgan fingerprint density at radius 1 is 1.00 bits per heavy atom. The fourth-order valence-corrected chi connectivity index (χ4v) is 5.51. The van der Waals surface area contributed by atoms with Gasteiger partial charge < -0.3 is 20.0 Å². The smallest absolute Gasteiger partial charge is 0.326 e. The van der Waals surface area contributed by atoms with Crippen LogP contribution in [0.1, 0.15) is 29.3 Å². The highest BCUT2D eigenvalue weighted by Crippen LogP contribution is 2.25. The number of nitrogens with one attached hydrogen (secondary N) is 1. The van der Waals surface area contributed by atoms with E-state index < -0.39 is 35.6 Å². The number of rotatable bonds is 8. The molecule has 13 nitrogen and oxygen atoms in total. The van der Waals surface area contributed by atoms with Crippen molar-refractivity contribution in [1.29, 1.82) is 0 Å². The first-order valence-electron chi connectivity index (χ1n) is 14.2. The standard InChI is InChI=1S/C29H30ClFN8O5/c1-29(31)16-37(17-29)24(41)15-39-25-21(11-20(27(39)43)26(42)33-12-18-3-5-19(30)6-4-18)34-22(13-32-25)38-10-9-36(28(38)44)14-23(40)35-7-2-8-35/h3-6,11,13H,2,7-10,12,14-17H2,1H3,(H,33,42). The minimum absolute atomic E-state index is 0.0290. The summed E-state index contributed by atoms with van der Waals surface area (Å²) in [6, 6.07) is 7.68. The maximum Gasteiger partial charge on any atom is 0.326 e. The number of likely N-dealkylation sites (tertiary alicyclic amines) is 2. The van der Waals surface area contributed by atoms with E-state index in [9.17, 15) is 28.4 Å². The van der Waals surface area contributed by atoms with E-state index in [2.05, 4.69) is 15.3 Å².